The first-order valence-corrected chi connectivity index (χ1v) is 7.38. The van der Waals surface area contributed by atoms with Gasteiger partial charge >= 0.3 is 0 Å². The summed E-state index contributed by atoms with van der Waals surface area (Å²) in [6.07, 6.45) is 1.70. The van der Waals surface area contributed by atoms with E-state index in [0.29, 0.717) is 17.0 Å². The minimum Gasteiger partial charge on any atom is -0.320 e. The molecular formula is C18H18N4O. The van der Waals surface area contributed by atoms with E-state index in [1.54, 1.807) is 19.3 Å². The highest BCUT2D eigenvalue weighted by molar-refractivity contribution is 5.54. The second-order valence-corrected chi connectivity index (χ2v) is 5.52. The molecule has 2 N–H and O–H groups in total. The van der Waals surface area contributed by atoms with Crippen LogP contribution >= 0.6 is 0 Å². The quantitative estimate of drug-likeness (QED) is 0.805. The van der Waals surface area contributed by atoms with Gasteiger partial charge in [-0.05, 0) is 30.7 Å². The molecule has 1 aromatic carbocycles. The summed E-state index contributed by atoms with van der Waals surface area (Å²) in [6, 6.07) is 14.7. The van der Waals surface area contributed by atoms with Crippen molar-refractivity contribution in [2.24, 2.45) is 12.8 Å². The SMILES string of the molecule is Cc1ccc(C(N)c2cc(-c3ccccn3)nn(C)c2=O)cc1. The highest BCUT2D eigenvalue weighted by Gasteiger charge is 2.16. The number of benzene rings is 1. The number of hydrogen-bond acceptors (Lipinski definition) is 4. The maximum absolute atomic E-state index is 12.4. The van der Waals surface area contributed by atoms with Crippen molar-refractivity contribution >= 4 is 0 Å². The number of pyridine rings is 1. The molecule has 116 valence electrons. The zero-order valence-corrected chi connectivity index (χ0v) is 13.1. The van der Waals surface area contributed by atoms with Crippen LogP contribution in [0.5, 0.6) is 0 Å². The van der Waals surface area contributed by atoms with Gasteiger partial charge < -0.3 is 5.73 Å². The van der Waals surface area contributed by atoms with Crippen LogP contribution in [0.3, 0.4) is 0 Å². The summed E-state index contributed by atoms with van der Waals surface area (Å²) < 4.78 is 1.31. The van der Waals surface area contributed by atoms with Crippen LogP contribution in [-0.4, -0.2) is 14.8 Å². The monoisotopic (exact) mass is 306 g/mol. The predicted molar refractivity (Wildman–Crippen MR) is 89.9 cm³/mol. The van der Waals surface area contributed by atoms with Crippen LogP contribution in [0.4, 0.5) is 0 Å². The standard InChI is InChI=1S/C18H18N4O/c1-12-6-8-13(9-7-12)17(19)14-11-16(21-22(2)18(14)23)15-5-3-4-10-20-15/h3-11,17H,19H2,1-2H3. The summed E-state index contributed by atoms with van der Waals surface area (Å²) in [5, 5.41) is 4.28. The Morgan fingerprint density at radius 3 is 2.48 bits per heavy atom. The van der Waals surface area contributed by atoms with E-state index in [1.165, 1.54) is 4.68 Å². The molecule has 3 aromatic rings. The van der Waals surface area contributed by atoms with Crippen molar-refractivity contribution in [3.8, 4) is 11.4 Å². The molecule has 0 saturated carbocycles. The first-order chi connectivity index (χ1) is 11.1. The number of hydrogen-bond donors (Lipinski definition) is 1. The Labute approximate surface area is 134 Å². The molecule has 1 unspecified atom stereocenters. The maximum Gasteiger partial charge on any atom is 0.271 e. The summed E-state index contributed by atoms with van der Waals surface area (Å²) in [6.45, 7) is 2.01. The van der Waals surface area contributed by atoms with Gasteiger partial charge in [-0.25, -0.2) is 4.68 Å². The Hall–Kier alpha value is -2.79. The summed E-state index contributed by atoms with van der Waals surface area (Å²) in [5.74, 6) is 0. The topological polar surface area (TPSA) is 73.8 Å². The summed E-state index contributed by atoms with van der Waals surface area (Å²) in [5.41, 5.74) is 10.0. The lowest BCUT2D eigenvalue weighted by atomic mass is 9.99. The minimum absolute atomic E-state index is 0.197. The normalized spacial score (nSPS) is 12.1. The Kier molecular flexibility index (Phi) is 4.04. The average Bonchev–Trinajstić information content (AvgIpc) is 2.58. The van der Waals surface area contributed by atoms with E-state index in [2.05, 4.69) is 10.1 Å². The Morgan fingerprint density at radius 1 is 1.09 bits per heavy atom. The van der Waals surface area contributed by atoms with E-state index in [1.807, 2.05) is 49.4 Å². The smallest absolute Gasteiger partial charge is 0.271 e. The molecule has 3 rings (SSSR count). The molecule has 2 heterocycles. The van der Waals surface area contributed by atoms with Crippen molar-refractivity contribution < 1.29 is 0 Å². The zero-order valence-electron chi connectivity index (χ0n) is 13.1. The van der Waals surface area contributed by atoms with Crippen molar-refractivity contribution in [3.05, 3.63) is 81.8 Å². The number of rotatable bonds is 3. The van der Waals surface area contributed by atoms with Crippen molar-refractivity contribution in [1.82, 2.24) is 14.8 Å². The van der Waals surface area contributed by atoms with E-state index >= 15 is 0 Å². The van der Waals surface area contributed by atoms with E-state index in [9.17, 15) is 4.79 Å². The van der Waals surface area contributed by atoms with Crippen LogP contribution in [0.2, 0.25) is 0 Å². The molecule has 5 nitrogen and oxygen atoms in total. The van der Waals surface area contributed by atoms with Crippen molar-refractivity contribution in [3.63, 3.8) is 0 Å². The van der Waals surface area contributed by atoms with Crippen LogP contribution in [0.15, 0.2) is 59.5 Å². The van der Waals surface area contributed by atoms with Crippen LogP contribution in [-0.2, 0) is 7.05 Å². The van der Waals surface area contributed by atoms with Gasteiger partial charge in [0.15, 0.2) is 0 Å². The first kappa shape index (κ1) is 15.1. The fourth-order valence-corrected chi connectivity index (χ4v) is 2.45. The molecule has 0 aliphatic heterocycles. The van der Waals surface area contributed by atoms with Crippen molar-refractivity contribution in [1.29, 1.82) is 0 Å². The molecule has 0 aliphatic rings. The van der Waals surface area contributed by atoms with Gasteiger partial charge in [0.2, 0.25) is 0 Å². The van der Waals surface area contributed by atoms with Gasteiger partial charge in [0.05, 0.1) is 11.7 Å². The lowest BCUT2D eigenvalue weighted by Gasteiger charge is -2.14. The van der Waals surface area contributed by atoms with Gasteiger partial charge in [-0.3, -0.25) is 9.78 Å². The lowest BCUT2D eigenvalue weighted by Crippen LogP contribution is -2.29. The average molecular weight is 306 g/mol. The van der Waals surface area contributed by atoms with Crippen LogP contribution in [0.1, 0.15) is 22.7 Å². The van der Waals surface area contributed by atoms with E-state index in [0.717, 1.165) is 11.1 Å². The molecule has 23 heavy (non-hydrogen) atoms. The number of aromatic nitrogens is 3. The van der Waals surface area contributed by atoms with Gasteiger partial charge in [0.25, 0.3) is 5.56 Å². The van der Waals surface area contributed by atoms with Crippen molar-refractivity contribution in [2.75, 3.05) is 0 Å². The van der Waals surface area contributed by atoms with Crippen molar-refractivity contribution in [2.45, 2.75) is 13.0 Å². The number of nitrogens with two attached hydrogens (primary N) is 1. The van der Waals surface area contributed by atoms with Gasteiger partial charge in [0.1, 0.15) is 5.69 Å². The molecule has 0 aliphatic carbocycles. The minimum atomic E-state index is -0.500. The van der Waals surface area contributed by atoms with E-state index < -0.39 is 6.04 Å². The molecule has 0 bridgehead atoms. The summed E-state index contributed by atoms with van der Waals surface area (Å²) >= 11 is 0. The molecule has 0 fully saturated rings. The molecule has 0 radical (unpaired) electrons. The van der Waals surface area contributed by atoms with E-state index in [4.69, 9.17) is 5.73 Å². The number of nitrogens with zero attached hydrogens (tertiary/aromatic N) is 3. The molecule has 5 heteroatoms. The molecule has 0 amide bonds. The van der Waals surface area contributed by atoms with Gasteiger partial charge in [-0.1, -0.05) is 35.9 Å². The van der Waals surface area contributed by atoms with Crippen LogP contribution in [0, 0.1) is 6.92 Å². The predicted octanol–water partition coefficient (Wildman–Crippen LogP) is 2.20. The highest BCUT2D eigenvalue weighted by atomic mass is 16.1. The Morgan fingerprint density at radius 2 is 1.83 bits per heavy atom. The summed E-state index contributed by atoms with van der Waals surface area (Å²) in [4.78, 5) is 16.7. The van der Waals surface area contributed by atoms with Gasteiger partial charge in [-0.15, -0.1) is 0 Å². The van der Waals surface area contributed by atoms with E-state index in [-0.39, 0.29) is 5.56 Å². The maximum atomic E-state index is 12.4. The third kappa shape index (κ3) is 3.05. The Balaban J connectivity index is 2.10. The molecule has 0 saturated heterocycles. The number of aryl methyl sites for hydroxylation is 2. The first-order valence-electron chi connectivity index (χ1n) is 7.38. The Bertz CT molecular complexity index is 870. The second-order valence-electron chi connectivity index (χ2n) is 5.52. The summed E-state index contributed by atoms with van der Waals surface area (Å²) in [7, 11) is 1.63. The third-order valence-corrected chi connectivity index (χ3v) is 3.79. The zero-order chi connectivity index (χ0) is 16.4. The second kappa shape index (κ2) is 6.14. The molecule has 1 atom stereocenters. The van der Waals surface area contributed by atoms with Crippen LogP contribution in [0.25, 0.3) is 11.4 Å². The van der Waals surface area contributed by atoms with Crippen LogP contribution < -0.4 is 11.3 Å². The highest BCUT2D eigenvalue weighted by Crippen LogP contribution is 2.20. The van der Waals surface area contributed by atoms with Gasteiger partial charge in [0, 0.05) is 18.8 Å². The molecular weight excluding hydrogens is 288 g/mol. The molecule has 2 aromatic heterocycles. The fourth-order valence-electron chi connectivity index (χ4n) is 2.45. The lowest BCUT2D eigenvalue weighted by molar-refractivity contribution is 0.683. The fraction of sp³-hybridized carbons (Fsp3) is 0.167. The third-order valence-electron chi connectivity index (χ3n) is 3.79. The molecule has 0 spiro atoms. The largest absolute Gasteiger partial charge is 0.320 e. The van der Waals surface area contributed by atoms with Gasteiger partial charge in [-0.2, -0.15) is 5.10 Å².